The summed E-state index contributed by atoms with van der Waals surface area (Å²) in [5.41, 5.74) is -0.479. The number of ether oxygens (including phenoxy) is 1. The number of carbonyl (C=O) groups excluding carboxylic acids is 1. The molecule has 0 aromatic heterocycles. The van der Waals surface area contributed by atoms with Gasteiger partial charge in [-0.1, -0.05) is 0 Å². The van der Waals surface area contributed by atoms with Crippen LogP contribution >= 0.6 is 0 Å². The number of hydroxylamine groups is 2. The summed E-state index contributed by atoms with van der Waals surface area (Å²) < 4.78 is 32.0. The molecule has 0 atom stereocenters. The first kappa shape index (κ1) is 19.7. The lowest BCUT2D eigenvalue weighted by Gasteiger charge is -2.37. The van der Waals surface area contributed by atoms with Gasteiger partial charge in [0.2, 0.25) is 16.4 Å². The number of hydrogen-bond donors (Lipinski definition) is 0. The molecule has 140 valence electrons. The van der Waals surface area contributed by atoms with Gasteiger partial charge in [0.1, 0.15) is 5.75 Å². The molecular formula is C17H26N2O5S. The lowest BCUT2D eigenvalue weighted by atomic mass is 10.1. The molecule has 0 N–H and O–H groups in total. The van der Waals surface area contributed by atoms with Gasteiger partial charge < -0.3 is 4.74 Å². The standard InChI is InChI=1S/C17H26N2O5S/c1-17(2,3)24-19(13-20)14-9-11-18(12-10-14)25(21,22)16-7-5-15(23-4)6-8-16/h5-8,13-14H,9-12H2,1-4H3. The van der Waals surface area contributed by atoms with Crippen molar-refractivity contribution in [3.05, 3.63) is 24.3 Å². The third kappa shape index (κ3) is 4.93. The smallest absolute Gasteiger partial charge is 0.243 e. The van der Waals surface area contributed by atoms with E-state index in [2.05, 4.69) is 0 Å². The van der Waals surface area contributed by atoms with Crippen molar-refractivity contribution in [2.75, 3.05) is 20.2 Å². The zero-order valence-electron chi connectivity index (χ0n) is 15.1. The zero-order valence-corrected chi connectivity index (χ0v) is 16.0. The second-order valence-electron chi connectivity index (χ2n) is 6.98. The molecule has 8 heteroatoms. The Hall–Kier alpha value is -1.64. The Balaban J connectivity index is 2.03. The maximum absolute atomic E-state index is 12.7. The quantitative estimate of drug-likeness (QED) is 0.566. The molecule has 1 aliphatic heterocycles. The molecular weight excluding hydrogens is 344 g/mol. The molecule has 0 bridgehead atoms. The first-order valence-electron chi connectivity index (χ1n) is 8.24. The van der Waals surface area contributed by atoms with Gasteiger partial charge in [-0.05, 0) is 57.9 Å². The first-order valence-corrected chi connectivity index (χ1v) is 9.68. The molecule has 0 radical (unpaired) electrons. The molecule has 1 amide bonds. The van der Waals surface area contributed by atoms with Gasteiger partial charge in [0.15, 0.2) is 0 Å². The minimum Gasteiger partial charge on any atom is -0.497 e. The Morgan fingerprint density at radius 1 is 1.16 bits per heavy atom. The second kappa shape index (κ2) is 7.72. The van der Waals surface area contributed by atoms with Crippen molar-refractivity contribution in [2.45, 2.75) is 50.2 Å². The molecule has 0 unspecified atom stereocenters. The summed E-state index contributed by atoms with van der Waals surface area (Å²) in [4.78, 5) is 17.2. The van der Waals surface area contributed by atoms with Crippen LogP contribution in [0.5, 0.6) is 5.75 Å². The van der Waals surface area contributed by atoms with Crippen LogP contribution in [-0.4, -0.2) is 56.0 Å². The van der Waals surface area contributed by atoms with Crippen LogP contribution in [0.15, 0.2) is 29.2 Å². The fourth-order valence-electron chi connectivity index (χ4n) is 2.73. The summed E-state index contributed by atoms with van der Waals surface area (Å²) in [5.74, 6) is 0.610. The van der Waals surface area contributed by atoms with Gasteiger partial charge >= 0.3 is 0 Å². The van der Waals surface area contributed by atoms with Gasteiger partial charge in [-0.3, -0.25) is 9.63 Å². The van der Waals surface area contributed by atoms with Crippen molar-refractivity contribution in [3.63, 3.8) is 0 Å². The topological polar surface area (TPSA) is 76.2 Å². The molecule has 1 heterocycles. The van der Waals surface area contributed by atoms with Crippen molar-refractivity contribution in [3.8, 4) is 5.75 Å². The van der Waals surface area contributed by atoms with Gasteiger partial charge in [0, 0.05) is 13.1 Å². The van der Waals surface area contributed by atoms with Crippen LogP contribution < -0.4 is 4.74 Å². The number of hydrogen-bond acceptors (Lipinski definition) is 5. The van der Waals surface area contributed by atoms with Crippen LogP contribution in [0, 0.1) is 0 Å². The third-order valence-electron chi connectivity index (χ3n) is 3.96. The summed E-state index contributed by atoms with van der Waals surface area (Å²) in [6, 6.07) is 6.22. The maximum Gasteiger partial charge on any atom is 0.243 e. The van der Waals surface area contributed by atoms with Gasteiger partial charge in [-0.15, -0.1) is 0 Å². The van der Waals surface area contributed by atoms with Crippen LogP contribution in [-0.2, 0) is 19.7 Å². The van der Waals surface area contributed by atoms with Gasteiger partial charge in [0.05, 0.1) is 23.6 Å². The van der Waals surface area contributed by atoms with Crippen LogP contribution in [0.1, 0.15) is 33.6 Å². The van der Waals surface area contributed by atoms with Gasteiger partial charge in [0.25, 0.3) is 0 Å². The molecule has 1 saturated heterocycles. The Morgan fingerprint density at radius 3 is 2.16 bits per heavy atom. The minimum atomic E-state index is -3.55. The van der Waals surface area contributed by atoms with Crippen LogP contribution in [0.25, 0.3) is 0 Å². The average Bonchev–Trinajstić information content (AvgIpc) is 2.59. The second-order valence-corrected chi connectivity index (χ2v) is 8.92. The summed E-state index contributed by atoms with van der Waals surface area (Å²) in [6.07, 6.45) is 1.73. The van der Waals surface area contributed by atoms with Crippen molar-refractivity contribution >= 4 is 16.4 Å². The van der Waals surface area contributed by atoms with Crippen molar-refractivity contribution in [2.24, 2.45) is 0 Å². The van der Waals surface area contributed by atoms with E-state index in [1.807, 2.05) is 20.8 Å². The molecule has 0 aliphatic carbocycles. The van der Waals surface area contributed by atoms with Crippen molar-refractivity contribution in [1.29, 1.82) is 0 Å². The number of carbonyl (C=O) groups is 1. The highest BCUT2D eigenvalue weighted by Gasteiger charge is 2.33. The predicted octanol–water partition coefficient (Wildman–Crippen LogP) is 2.04. The SMILES string of the molecule is COc1ccc(S(=O)(=O)N2CCC(N(C=O)OC(C)(C)C)CC2)cc1. The van der Waals surface area contributed by atoms with E-state index in [4.69, 9.17) is 9.57 Å². The van der Waals surface area contributed by atoms with E-state index < -0.39 is 15.6 Å². The van der Waals surface area contributed by atoms with Crippen LogP contribution in [0.3, 0.4) is 0 Å². The van der Waals surface area contributed by atoms with E-state index in [-0.39, 0.29) is 10.9 Å². The Bertz CT molecular complexity index is 674. The molecule has 0 spiro atoms. The largest absolute Gasteiger partial charge is 0.497 e. The maximum atomic E-state index is 12.7. The third-order valence-corrected chi connectivity index (χ3v) is 5.88. The highest BCUT2D eigenvalue weighted by Crippen LogP contribution is 2.25. The van der Waals surface area contributed by atoms with E-state index in [9.17, 15) is 13.2 Å². The number of amides is 1. The molecule has 1 aromatic rings. The minimum absolute atomic E-state index is 0.126. The van der Waals surface area contributed by atoms with E-state index in [1.165, 1.54) is 16.5 Å². The Kier molecular flexibility index (Phi) is 6.08. The summed E-state index contributed by atoms with van der Waals surface area (Å²) in [7, 11) is -2.01. The summed E-state index contributed by atoms with van der Waals surface area (Å²) >= 11 is 0. The highest BCUT2D eigenvalue weighted by atomic mass is 32.2. The Labute approximate surface area is 149 Å². The zero-order chi connectivity index (χ0) is 18.7. The van der Waals surface area contributed by atoms with Crippen molar-refractivity contribution < 1.29 is 22.8 Å². The summed E-state index contributed by atoms with van der Waals surface area (Å²) in [5, 5.41) is 1.32. The molecule has 1 fully saturated rings. The molecule has 0 saturated carbocycles. The van der Waals surface area contributed by atoms with E-state index >= 15 is 0 Å². The number of benzene rings is 1. The summed E-state index contributed by atoms with van der Waals surface area (Å²) in [6.45, 7) is 6.29. The van der Waals surface area contributed by atoms with Gasteiger partial charge in [-0.2, -0.15) is 4.31 Å². The van der Waals surface area contributed by atoms with Gasteiger partial charge in [-0.25, -0.2) is 13.5 Å². The molecule has 7 nitrogen and oxygen atoms in total. The molecule has 2 rings (SSSR count). The lowest BCUT2D eigenvalue weighted by molar-refractivity contribution is -0.235. The highest BCUT2D eigenvalue weighted by molar-refractivity contribution is 7.89. The van der Waals surface area contributed by atoms with Crippen LogP contribution in [0.2, 0.25) is 0 Å². The average molecular weight is 370 g/mol. The molecule has 1 aliphatic rings. The number of sulfonamides is 1. The van der Waals surface area contributed by atoms with E-state index in [0.29, 0.717) is 38.1 Å². The number of piperidine rings is 1. The van der Waals surface area contributed by atoms with E-state index in [1.54, 1.807) is 24.3 Å². The van der Waals surface area contributed by atoms with Crippen molar-refractivity contribution in [1.82, 2.24) is 9.37 Å². The lowest BCUT2D eigenvalue weighted by Crippen LogP contribution is -2.48. The Morgan fingerprint density at radius 2 is 1.72 bits per heavy atom. The fourth-order valence-corrected chi connectivity index (χ4v) is 4.20. The normalized spacial score (nSPS) is 17.3. The van der Waals surface area contributed by atoms with Crippen LogP contribution in [0.4, 0.5) is 0 Å². The molecule has 25 heavy (non-hydrogen) atoms. The predicted molar refractivity (Wildman–Crippen MR) is 93.5 cm³/mol. The number of rotatable bonds is 6. The number of nitrogens with zero attached hydrogens (tertiary/aromatic N) is 2. The number of methoxy groups -OCH3 is 1. The van der Waals surface area contributed by atoms with E-state index in [0.717, 1.165) is 0 Å². The monoisotopic (exact) mass is 370 g/mol. The first-order chi connectivity index (χ1) is 11.7. The fraction of sp³-hybridized carbons (Fsp3) is 0.588. The molecule has 1 aromatic carbocycles.